The van der Waals surface area contributed by atoms with E-state index in [-0.39, 0.29) is 33.9 Å². The molecule has 5 aliphatic rings. The van der Waals surface area contributed by atoms with Crippen molar-refractivity contribution in [1.82, 2.24) is 0 Å². The Balaban J connectivity index is 1.61. The summed E-state index contributed by atoms with van der Waals surface area (Å²) in [5.74, 6) is 1.36. The van der Waals surface area contributed by atoms with Crippen LogP contribution in [-0.2, 0) is 9.59 Å². The van der Waals surface area contributed by atoms with Crippen molar-refractivity contribution in [1.29, 1.82) is 0 Å². The molecule has 8 atom stereocenters. The third-order valence-corrected chi connectivity index (χ3v) is 11.6. The van der Waals surface area contributed by atoms with Crippen molar-refractivity contribution in [3.05, 3.63) is 23.4 Å². The summed E-state index contributed by atoms with van der Waals surface area (Å²) < 4.78 is 0. The van der Waals surface area contributed by atoms with Crippen LogP contribution in [0.1, 0.15) is 92.9 Å². The van der Waals surface area contributed by atoms with Crippen LogP contribution < -0.4 is 11.5 Å². The molecular weight excluding hydrogens is 408 g/mol. The quantitative estimate of drug-likeness (QED) is 0.488. The zero-order valence-corrected chi connectivity index (χ0v) is 21.6. The molecule has 0 heterocycles. The van der Waals surface area contributed by atoms with Crippen molar-refractivity contribution in [2.75, 3.05) is 0 Å². The van der Waals surface area contributed by atoms with E-state index in [9.17, 15) is 9.59 Å². The summed E-state index contributed by atoms with van der Waals surface area (Å²) in [5, 5.41) is 0. The van der Waals surface area contributed by atoms with Gasteiger partial charge in [-0.05, 0) is 104 Å². The molecule has 0 saturated heterocycles. The predicted octanol–water partition coefficient (Wildman–Crippen LogP) is 5.31. The van der Waals surface area contributed by atoms with E-state index in [2.05, 4.69) is 34.6 Å². The van der Waals surface area contributed by atoms with Crippen LogP contribution in [0.4, 0.5) is 0 Å². The van der Waals surface area contributed by atoms with E-state index in [1.807, 2.05) is 13.0 Å². The van der Waals surface area contributed by atoms with Gasteiger partial charge in [0.2, 0.25) is 0 Å². The Morgan fingerprint density at radius 1 is 0.909 bits per heavy atom. The van der Waals surface area contributed by atoms with E-state index < -0.39 is 5.54 Å². The number of Topliss-reactive ketones (excluding diaryl/α,β-unsaturated/α-hetero) is 1. The molecule has 4 saturated carbocycles. The van der Waals surface area contributed by atoms with Crippen LogP contribution in [0.25, 0.3) is 0 Å². The fourth-order valence-electron chi connectivity index (χ4n) is 9.67. The fraction of sp³-hybridized carbons (Fsp3) is 0.793. The van der Waals surface area contributed by atoms with Crippen molar-refractivity contribution in [2.45, 2.75) is 98.4 Å². The SMILES string of the molecule is CC1(C)CCC2(C)CCC3C(C(=O)C=C4C3(C)CCC3C(C)(N)C(=O)/C(=C\N)CC43C)C2C1. The zero-order chi connectivity index (χ0) is 24.2. The highest BCUT2D eigenvalue weighted by Gasteiger charge is 2.65. The lowest BCUT2D eigenvalue weighted by Crippen LogP contribution is -2.66. The third-order valence-electron chi connectivity index (χ3n) is 11.6. The van der Waals surface area contributed by atoms with Gasteiger partial charge in [0, 0.05) is 17.7 Å². The van der Waals surface area contributed by atoms with Crippen molar-refractivity contribution >= 4 is 11.6 Å². The van der Waals surface area contributed by atoms with Gasteiger partial charge in [-0.15, -0.1) is 0 Å². The average molecular weight is 453 g/mol. The second-order valence-electron chi connectivity index (χ2n) is 14.2. The third kappa shape index (κ3) is 2.98. The van der Waals surface area contributed by atoms with Gasteiger partial charge in [0.1, 0.15) is 0 Å². The summed E-state index contributed by atoms with van der Waals surface area (Å²) in [6.45, 7) is 13.8. The molecule has 5 aliphatic carbocycles. The van der Waals surface area contributed by atoms with Gasteiger partial charge in [-0.3, -0.25) is 9.59 Å². The molecule has 4 fully saturated rings. The number of hydrogen-bond donors (Lipinski definition) is 2. The summed E-state index contributed by atoms with van der Waals surface area (Å²) in [6.07, 6.45) is 12.1. The van der Waals surface area contributed by atoms with E-state index >= 15 is 0 Å². The molecule has 0 aromatic rings. The number of allylic oxidation sites excluding steroid dienone is 2. The monoisotopic (exact) mass is 452 g/mol. The summed E-state index contributed by atoms with van der Waals surface area (Å²) in [4.78, 5) is 27.1. The van der Waals surface area contributed by atoms with Gasteiger partial charge in [0.05, 0.1) is 5.54 Å². The summed E-state index contributed by atoms with van der Waals surface area (Å²) in [7, 11) is 0. The molecule has 5 rings (SSSR count). The largest absolute Gasteiger partial charge is 0.404 e. The van der Waals surface area contributed by atoms with E-state index in [4.69, 9.17) is 11.5 Å². The van der Waals surface area contributed by atoms with E-state index in [1.165, 1.54) is 31.0 Å². The maximum atomic E-state index is 14.0. The Hall–Kier alpha value is -1.42. The molecule has 182 valence electrons. The zero-order valence-electron chi connectivity index (χ0n) is 21.6. The van der Waals surface area contributed by atoms with Gasteiger partial charge in [-0.2, -0.15) is 0 Å². The van der Waals surface area contributed by atoms with Crippen LogP contribution in [0.2, 0.25) is 0 Å². The molecule has 0 bridgehead atoms. The number of hydrogen-bond acceptors (Lipinski definition) is 4. The van der Waals surface area contributed by atoms with Crippen molar-refractivity contribution in [3.8, 4) is 0 Å². The molecule has 8 unspecified atom stereocenters. The number of carbonyl (C=O) groups excluding carboxylic acids is 2. The minimum atomic E-state index is -0.946. The van der Waals surface area contributed by atoms with Gasteiger partial charge >= 0.3 is 0 Å². The van der Waals surface area contributed by atoms with Gasteiger partial charge in [-0.1, -0.05) is 40.2 Å². The topological polar surface area (TPSA) is 86.2 Å². The number of rotatable bonds is 0. The van der Waals surface area contributed by atoms with Crippen LogP contribution in [0.3, 0.4) is 0 Å². The van der Waals surface area contributed by atoms with Gasteiger partial charge in [0.15, 0.2) is 11.6 Å². The Bertz CT molecular complexity index is 974. The molecule has 0 aromatic carbocycles. The van der Waals surface area contributed by atoms with Crippen LogP contribution in [0.15, 0.2) is 23.4 Å². The Labute approximate surface area is 200 Å². The van der Waals surface area contributed by atoms with E-state index in [1.54, 1.807) is 0 Å². The predicted molar refractivity (Wildman–Crippen MR) is 132 cm³/mol. The highest BCUT2D eigenvalue weighted by molar-refractivity contribution is 6.04. The Morgan fingerprint density at radius 2 is 1.61 bits per heavy atom. The minimum Gasteiger partial charge on any atom is -0.404 e. The number of carbonyl (C=O) groups is 2. The highest BCUT2D eigenvalue weighted by Crippen LogP contribution is 2.70. The summed E-state index contributed by atoms with van der Waals surface area (Å²) >= 11 is 0. The fourth-order valence-corrected chi connectivity index (χ4v) is 9.67. The Kier molecular flexibility index (Phi) is 4.83. The first-order chi connectivity index (χ1) is 15.2. The summed E-state index contributed by atoms with van der Waals surface area (Å²) in [5.41, 5.74) is 13.9. The molecule has 4 heteroatoms. The first-order valence-corrected chi connectivity index (χ1v) is 13.2. The lowest BCUT2D eigenvalue weighted by Gasteiger charge is -2.65. The first-order valence-electron chi connectivity index (χ1n) is 13.2. The second kappa shape index (κ2) is 6.83. The van der Waals surface area contributed by atoms with Crippen LogP contribution in [0, 0.1) is 45.3 Å². The normalized spacial score (nSPS) is 52.3. The molecule has 0 radical (unpaired) electrons. The smallest absolute Gasteiger partial charge is 0.180 e. The number of ketones is 2. The van der Waals surface area contributed by atoms with Gasteiger partial charge < -0.3 is 11.5 Å². The maximum absolute atomic E-state index is 14.0. The van der Waals surface area contributed by atoms with E-state index in [0.717, 1.165) is 25.7 Å². The molecule has 0 aliphatic heterocycles. The molecule has 4 N–H and O–H groups in total. The maximum Gasteiger partial charge on any atom is 0.180 e. The molecule has 0 aromatic heterocycles. The van der Waals surface area contributed by atoms with Crippen molar-refractivity contribution in [2.24, 2.45) is 56.8 Å². The van der Waals surface area contributed by atoms with Crippen LogP contribution in [-0.4, -0.2) is 17.1 Å². The van der Waals surface area contributed by atoms with Gasteiger partial charge in [-0.25, -0.2) is 0 Å². The van der Waals surface area contributed by atoms with Crippen LogP contribution >= 0.6 is 0 Å². The lowest BCUT2D eigenvalue weighted by atomic mass is 9.38. The van der Waals surface area contributed by atoms with Gasteiger partial charge in [0.25, 0.3) is 0 Å². The molecule has 0 spiro atoms. The minimum absolute atomic E-state index is 0.0110. The van der Waals surface area contributed by atoms with Crippen molar-refractivity contribution in [3.63, 3.8) is 0 Å². The average Bonchev–Trinajstić information content (AvgIpc) is 2.72. The summed E-state index contributed by atoms with van der Waals surface area (Å²) in [6, 6.07) is 0. The molecule has 0 amide bonds. The standard InChI is InChI=1S/C29H44N2O2/c1-25(2)11-12-26(3)9-7-18-23(19(26)15-25)20(32)13-22-27(18,4)10-8-21-28(22,5)14-17(16-30)24(33)29(21,6)31/h13,16,18-19,21,23H,7-12,14-15,30-31H2,1-6H3/b17-16-. The second-order valence-corrected chi connectivity index (χ2v) is 14.2. The highest BCUT2D eigenvalue weighted by atomic mass is 16.1. The Morgan fingerprint density at radius 3 is 2.27 bits per heavy atom. The molecular formula is C29H44N2O2. The molecule has 4 nitrogen and oxygen atoms in total. The van der Waals surface area contributed by atoms with Crippen molar-refractivity contribution < 1.29 is 9.59 Å². The first kappa shape index (κ1) is 23.3. The number of fused-ring (bicyclic) bond motifs is 7. The number of nitrogens with two attached hydrogens (primary N) is 2. The van der Waals surface area contributed by atoms with E-state index in [0.29, 0.717) is 35.0 Å². The lowest BCUT2D eigenvalue weighted by molar-refractivity contribution is -0.146. The van der Waals surface area contributed by atoms with Crippen LogP contribution in [0.5, 0.6) is 0 Å². The molecule has 33 heavy (non-hydrogen) atoms.